The number of esters is 1. The standard InChI is InChI=1S/C25H25NO3/c1-15-14-20(16(2)17(3)23(15)27)22-25(28)29-24(19-12-8-5-9-13-19)21(26-22)18-10-6-4-7-11-18/h4-14,21-22,24,26-27H,1-3H3/t21-,22-,24+/m0/s1. The van der Waals surface area contributed by atoms with E-state index in [2.05, 4.69) is 5.32 Å². The summed E-state index contributed by atoms with van der Waals surface area (Å²) in [4.78, 5) is 13.1. The lowest BCUT2D eigenvalue weighted by molar-refractivity contribution is -0.161. The number of morpholine rings is 1. The van der Waals surface area contributed by atoms with Crippen LogP contribution < -0.4 is 5.32 Å². The fourth-order valence-electron chi connectivity index (χ4n) is 4.05. The highest BCUT2D eigenvalue weighted by Crippen LogP contribution is 2.41. The first kappa shape index (κ1) is 19.2. The van der Waals surface area contributed by atoms with Crippen LogP contribution in [0.2, 0.25) is 0 Å². The summed E-state index contributed by atoms with van der Waals surface area (Å²) in [6.07, 6.45) is -0.415. The number of benzene rings is 3. The Kier molecular flexibility index (Phi) is 5.12. The van der Waals surface area contributed by atoms with E-state index in [0.29, 0.717) is 0 Å². The number of carbonyl (C=O) groups excluding carboxylic acids is 1. The summed E-state index contributed by atoms with van der Waals surface area (Å²) in [7, 11) is 0. The van der Waals surface area contributed by atoms with Crippen LogP contribution in [0.3, 0.4) is 0 Å². The third-order valence-corrected chi connectivity index (χ3v) is 5.82. The van der Waals surface area contributed by atoms with Crippen molar-refractivity contribution in [2.75, 3.05) is 0 Å². The molecule has 1 heterocycles. The molecule has 1 aliphatic heterocycles. The molecule has 29 heavy (non-hydrogen) atoms. The van der Waals surface area contributed by atoms with E-state index in [4.69, 9.17) is 4.74 Å². The Balaban J connectivity index is 1.78. The van der Waals surface area contributed by atoms with Crippen molar-refractivity contribution in [1.29, 1.82) is 0 Å². The van der Waals surface area contributed by atoms with Crippen LogP contribution in [0.4, 0.5) is 0 Å². The lowest BCUT2D eigenvalue weighted by atomic mass is 9.89. The van der Waals surface area contributed by atoms with Gasteiger partial charge in [0.15, 0.2) is 0 Å². The van der Waals surface area contributed by atoms with Gasteiger partial charge in [0.1, 0.15) is 17.9 Å². The minimum atomic E-state index is -0.599. The summed E-state index contributed by atoms with van der Waals surface area (Å²) in [6, 6.07) is 21.0. The first-order valence-electron chi connectivity index (χ1n) is 9.83. The molecule has 0 bridgehead atoms. The Morgan fingerprint density at radius 2 is 1.45 bits per heavy atom. The smallest absolute Gasteiger partial charge is 0.328 e. The van der Waals surface area contributed by atoms with Gasteiger partial charge in [-0.1, -0.05) is 60.7 Å². The third kappa shape index (κ3) is 3.52. The van der Waals surface area contributed by atoms with Crippen molar-refractivity contribution >= 4 is 5.97 Å². The number of hydrogen-bond donors (Lipinski definition) is 2. The zero-order valence-electron chi connectivity index (χ0n) is 16.8. The quantitative estimate of drug-likeness (QED) is 0.622. The summed E-state index contributed by atoms with van der Waals surface area (Å²) < 4.78 is 6.01. The van der Waals surface area contributed by atoms with E-state index in [1.165, 1.54) is 0 Å². The van der Waals surface area contributed by atoms with E-state index in [-0.39, 0.29) is 17.8 Å². The first-order valence-corrected chi connectivity index (χ1v) is 9.83. The molecule has 4 rings (SSSR count). The SMILES string of the molecule is Cc1cc([C@@H]2N[C@@H](c3ccccc3)[C@@H](c3ccccc3)OC2=O)c(C)c(C)c1O. The van der Waals surface area contributed by atoms with Crippen LogP contribution >= 0.6 is 0 Å². The molecule has 1 saturated heterocycles. The molecule has 148 valence electrons. The van der Waals surface area contributed by atoms with Crippen molar-refractivity contribution in [3.8, 4) is 5.75 Å². The van der Waals surface area contributed by atoms with E-state index in [9.17, 15) is 9.90 Å². The minimum absolute atomic E-state index is 0.185. The summed E-state index contributed by atoms with van der Waals surface area (Å²) in [5.41, 5.74) is 5.29. The molecule has 0 spiro atoms. The van der Waals surface area contributed by atoms with E-state index < -0.39 is 12.1 Å². The van der Waals surface area contributed by atoms with Crippen molar-refractivity contribution in [2.24, 2.45) is 0 Å². The topological polar surface area (TPSA) is 58.6 Å². The fourth-order valence-corrected chi connectivity index (χ4v) is 4.05. The van der Waals surface area contributed by atoms with Gasteiger partial charge in [0.05, 0.1) is 6.04 Å². The number of aryl methyl sites for hydroxylation is 1. The number of ether oxygens (including phenoxy) is 1. The van der Waals surface area contributed by atoms with Crippen LogP contribution in [0.5, 0.6) is 5.75 Å². The molecule has 1 fully saturated rings. The highest BCUT2D eigenvalue weighted by molar-refractivity contribution is 5.80. The van der Waals surface area contributed by atoms with Gasteiger partial charge >= 0.3 is 5.97 Å². The second kappa shape index (κ2) is 7.72. The molecule has 3 atom stereocenters. The lowest BCUT2D eigenvalue weighted by Crippen LogP contribution is -2.43. The highest BCUT2D eigenvalue weighted by Gasteiger charge is 2.40. The maximum atomic E-state index is 13.1. The van der Waals surface area contributed by atoms with Crippen LogP contribution in [0.25, 0.3) is 0 Å². The van der Waals surface area contributed by atoms with Crippen LogP contribution in [0, 0.1) is 20.8 Å². The molecule has 2 N–H and O–H groups in total. The van der Waals surface area contributed by atoms with Gasteiger partial charge in [0.25, 0.3) is 0 Å². The Morgan fingerprint density at radius 3 is 2.07 bits per heavy atom. The maximum Gasteiger partial charge on any atom is 0.328 e. The fraction of sp³-hybridized carbons (Fsp3) is 0.240. The molecular weight excluding hydrogens is 362 g/mol. The number of carbonyl (C=O) groups is 1. The van der Waals surface area contributed by atoms with Crippen LogP contribution in [-0.2, 0) is 9.53 Å². The number of nitrogens with one attached hydrogen (secondary N) is 1. The predicted molar refractivity (Wildman–Crippen MR) is 113 cm³/mol. The van der Waals surface area contributed by atoms with E-state index in [0.717, 1.165) is 33.4 Å². The Bertz CT molecular complexity index is 1030. The van der Waals surface area contributed by atoms with Gasteiger partial charge in [0, 0.05) is 0 Å². The molecular formula is C25H25NO3. The summed E-state index contributed by atoms with van der Waals surface area (Å²) in [6.45, 7) is 5.65. The van der Waals surface area contributed by atoms with Crippen LogP contribution in [0.1, 0.15) is 51.6 Å². The van der Waals surface area contributed by atoms with Gasteiger partial charge in [0.2, 0.25) is 0 Å². The summed E-state index contributed by atoms with van der Waals surface area (Å²) in [5.74, 6) is -0.0316. The van der Waals surface area contributed by atoms with Gasteiger partial charge in [-0.05, 0) is 60.2 Å². The Hall–Kier alpha value is -3.11. The largest absolute Gasteiger partial charge is 0.507 e. The molecule has 4 nitrogen and oxygen atoms in total. The van der Waals surface area contributed by atoms with Gasteiger partial charge < -0.3 is 9.84 Å². The number of aromatic hydroxyl groups is 1. The van der Waals surface area contributed by atoms with Crippen LogP contribution in [-0.4, -0.2) is 11.1 Å². The Morgan fingerprint density at radius 1 is 0.862 bits per heavy atom. The van der Waals surface area contributed by atoms with Crippen LogP contribution in [0.15, 0.2) is 66.7 Å². The summed E-state index contributed by atoms with van der Waals surface area (Å²) in [5, 5.41) is 13.8. The highest BCUT2D eigenvalue weighted by atomic mass is 16.5. The number of phenols is 1. The zero-order chi connectivity index (χ0) is 20.5. The van der Waals surface area contributed by atoms with Crippen molar-refractivity contribution in [1.82, 2.24) is 5.32 Å². The number of phenolic OH excluding ortho intramolecular Hbond substituents is 1. The molecule has 0 radical (unpaired) electrons. The van der Waals surface area contributed by atoms with Crippen molar-refractivity contribution in [3.63, 3.8) is 0 Å². The lowest BCUT2D eigenvalue weighted by Gasteiger charge is -2.38. The van der Waals surface area contributed by atoms with Gasteiger partial charge in [-0.3, -0.25) is 5.32 Å². The number of cyclic esters (lactones) is 1. The average molecular weight is 387 g/mol. The molecule has 3 aromatic carbocycles. The van der Waals surface area contributed by atoms with Crippen molar-refractivity contribution in [2.45, 2.75) is 39.0 Å². The predicted octanol–water partition coefficient (Wildman–Crippen LogP) is 4.99. The molecule has 1 aliphatic rings. The number of hydrogen-bond acceptors (Lipinski definition) is 4. The van der Waals surface area contributed by atoms with Crippen molar-refractivity contribution < 1.29 is 14.6 Å². The van der Waals surface area contributed by atoms with Gasteiger partial charge in [-0.2, -0.15) is 0 Å². The van der Waals surface area contributed by atoms with Gasteiger partial charge in [-0.15, -0.1) is 0 Å². The van der Waals surface area contributed by atoms with Crippen molar-refractivity contribution in [3.05, 3.63) is 100 Å². The minimum Gasteiger partial charge on any atom is -0.507 e. The van der Waals surface area contributed by atoms with Gasteiger partial charge in [-0.25, -0.2) is 4.79 Å². The molecule has 0 aromatic heterocycles. The third-order valence-electron chi connectivity index (χ3n) is 5.82. The second-order valence-corrected chi connectivity index (χ2v) is 7.64. The molecule has 3 aromatic rings. The molecule has 0 amide bonds. The molecule has 0 saturated carbocycles. The second-order valence-electron chi connectivity index (χ2n) is 7.64. The average Bonchev–Trinajstić information content (AvgIpc) is 2.76. The van der Waals surface area contributed by atoms with E-state index >= 15 is 0 Å². The monoisotopic (exact) mass is 387 g/mol. The normalized spacial score (nSPS) is 21.6. The molecule has 0 aliphatic carbocycles. The van der Waals surface area contributed by atoms with E-state index in [1.807, 2.05) is 87.5 Å². The first-order chi connectivity index (χ1) is 14.0. The maximum absolute atomic E-state index is 13.1. The molecule has 0 unspecified atom stereocenters. The Labute approximate surface area is 171 Å². The zero-order valence-corrected chi connectivity index (χ0v) is 16.8. The molecule has 4 heteroatoms. The van der Waals surface area contributed by atoms with E-state index in [1.54, 1.807) is 0 Å². The number of rotatable bonds is 3. The summed E-state index contributed by atoms with van der Waals surface area (Å²) >= 11 is 0.